The van der Waals surface area contributed by atoms with E-state index in [0.29, 0.717) is 5.41 Å². The van der Waals surface area contributed by atoms with Crippen molar-refractivity contribution in [2.45, 2.75) is 38.0 Å². The van der Waals surface area contributed by atoms with Gasteiger partial charge in [-0.3, -0.25) is 0 Å². The average molecular weight is 330 g/mol. The Bertz CT molecular complexity index is 772. The zero-order valence-corrected chi connectivity index (χ0v) is 15.0. The summed E-state index contributed by atoms with van der Waals surface area (Å²) in [6.45, 7) is 6.22. The van der Waals surface area contributed by atoms with Crippen molar-refractivity contribution < 1.29 is 0 Å². The van der Waals surface area contributed by atoms with Gasteiger partial charge in [-0.2, -0.15) is 5.26 Å². The van der Waals surface area contributed by atoms with Crippen LogP contribution >= 0.6 is 0 Å². The lowest BCUT2D eigenvalue weighted by molar-refractivity contribution is 0.163. The van der Waals surface area contributed by atoms with E-state index in [1.807, 2.05) is 18.2 Å². The molecule has 2 aromatic rings. The van der Waals surface area contributed by atoms with Gasteiger partial charge in [-0.25, -0.2) is 0 Å². The van der Waals surface area contributed by atoms with Gasteiger partial charge in [-0.05, 0) is 78.9 Å². The molecule has 0 amide bonds. The van der Waals surface area contributed by atoms with Gasteiger partial charge in [0.2, 0.25) is 0 Å². The molecule has 1 saturated heterocycles. The Morgan fingerprint density at radius 3 is 2.40 bits per heavy atom. The molecule has 2 aromatic carbocycles. The van der Waals surface area contributed by atoms with Gasteiger partial charge in [0.25, 0.3) is 0 Å². The van der Waals surface area contributed by atoms with Gasteiger partial charge in [0.05, 0.1) is 11.6 Å². The molecule has 2 heteroatoms. The van der Waals surface area contributed by atoms with E-state index < -0.39 is 0 Å². The molecule has 1 aliphatic carbocycles. The summed E-state index contributed by atoms with van der Waals surface area (Å²) < 4.78 is 0. The highest BCUT2D eigenvalue weighted by Crippen LogP contribution is 2.38. The Morgan fingerprint density at radius 1 is 1.04 bits per heavy atom. The third-order valence-corrected chi connectivity index (χ3v) is 6.08. The molecule has 0 aromatic heterocycles. The fraction of sp³-hybridized carbons (Fsp3) is 0.435. The van der Waals surface area contributed by atoms with Crippen molar-refractivity contribution in [2.75, 3.05) is 19.6 Å². The average Bonchev–Trinajstić information content (AvgIpc) is 3.48. The van der Waals surface area contributed by atoms with E-state index in [2.05, 4.69) is 48.2 Å². The van der Waals surface area contributed by atoms with Gasteiger partial charge in [0.1, 0.15) is 0 Å². The molecule has 25 heavy (non-hydrogen) atoms. The van der Waals surface area contributed by atoms with Crippen LogP contribution in [0.25, 0.3) is 11.1 Å². The van der Waals surface area contributed by atoms with Crippen LogP contribution < -0.4 is 0 Å². The highest BCUT2D eigenvalue weighted by molar-refractivity contribution is 5.65. The van der Waals surface area contributed by atoms with Crippen molar-refractivity contribution in [1.29, 1.82) is 5.26 Å². The molecule has 1 saturated carbocycles. The topological polar surface area (TPSA) is 27.0 Å². The third-order valence-electron chi connectivity index (χ3n) is 6.08. The smallest absolute Gasteiger partial charge is 0.0991 e. The van der Waals surface area contributed by atoms with Crippen molar-refractivity contribution in [2.24, 2.45) is 5.92 Å². The Labute approximate surface area is 151 Å². The van der Waals surface area contributed by atoms with E-state index in [-0.39, 0.29) is 0 Å². The van der Waals surface area contributed by atoms with Gasteiger partial charge >= 0.3 is 0 Å². The molecule has 2 fully saturated rings. The van der Waals surface area contributed by atoms with Crippen LogP contribution in [0.4, 0.5) is 0 Å². The summed E-state index contributed by atoms with van der Waals surface area (Å²) in [4.78, 5) is 2.67. The Morgan fingerprint density at radius 2 is 1.76 bits per heavy atom. The van der Waals surface area contributed by atoms with Crippen molar-refractivity contribution in [1.82, 2.24) is 4.90 Å². The van der Waals surface area contributed by atoms with Crippen LogP contribution in [0.5, 0.6) is 0 Å². The van der Waals surface area contributed by atoms with Crippen molar-refractivity contribution in [3.8, 4) is 17.2 Å². The summed E-state index contributed by atoms with van der Waals surface area (Å²) in [7, 11) is 0. The summed E-state index contributed by atoms with van der Waals surface area (Å²) in [5.74, 6) is 0.993. The van der Waals surface area contributed by atoms with Crippen LogP contribution in [-0.2, 0) is 5.41 Å². The fourth-order valence-corrected chi connectivity index (χ4v) is 4.02. The summed E-state index contributed by atoms with van der Waals surface area (Å²) in [5, 5.41) is 9.08. The molecule has 0 unspecified atom stereocenters. The maximum atomic E-state index is 9.08. The largest absolute Gasteiger partial charge is 0.303 e. The Hall–Kier alpha value is -2.11. The summed E-state index contributed by atoms with van der Waals surface area (Å²) in [6.07, 6.45) is 5.40. The Balaban J connectivity index is 1.47. The number of likely N-dealkylation sites (tertiary alicyclic amines) is 1. The molecule has 1 heterocycles. The van der Waals surface area contributed by atoms with Crippen LogP contribution in [0, 0.1) is 17.2 Å². The number of benzene rings is 2. The highest BCUT2D eigenvalue weighted by Gasteiger charge is 2.33. The lowest BCUT2D eigenvalue weighted by atomic mass is 9.74. The first-order valence-electron chi connectivity index (χ1n) is 9.50. The second kappa shape index (κ2) is 6.65. The summed E-state index contributed by atoms with van der Waals surface area (Å²) in [6, 6.07) is 19.1. The second-order valence-corrected chi connectivity index (χ2v) is 8.07. The van der Waals surface area contributed by atoms with Crippen LogP contribution in [-0.4, -0.2) is 24.5 Å². The maximum absolute atomic E-state index is 9.08. The first-order chi connectivity index (χ1) is 12.2. The minimum absolute atomic E-state index is 0.299. The molecule has 1 aliphatic heterocycles. The lowest BCUT2D eigenvalue weighted by Gasteiger charge is -2.40. The van der Waals surface area contributed by atoms with Crippen molar-refractivity contribution >= 4 is 0 Å². The lowest BCUT2D eigenvalue weighted by Crippen LogP contribution is -2.41. The molecule has 2 nitrogen and oxygen atoms in total. The van der Waals surface area contributed by atoms with Crippen LogP contribution in [0.2, 0.25) is 0 Å². The molecule has 0 spiro atoms. The number of rotatable bonds is 4. The number of nitrogens with zero attached hydrogens (tertiary/aromatic N) is 2. The number of piperidine rings is 1. The van der Waals surface area contributed by atoms with Gasteiger partial charge in [0.15, 0.2) is 0 Å². The van der Waals surface area contributed by atoms with E-state index in [4.69, 9.17) is 5.26 Å². The molecule has 0 N–H and O–H groups in total. The zero-order chi connectivity index (χ0) is 17.3. The predicted octanol–water partition coefficient (Wildman–Crippen LogP) is 4.99. The number of hydrogen-bond acceptors (Lipinski definition) is 2. The SMILES string of the molecule is CC1(c2ccc(-c3cccc(C#N)c3)cc2)CCN(CC2CC2)CC1. The first kappa shape index (κ1) is 16.4. The third kappa shape index (κ3) is 3.62. The van der Waals surface area contributed by atoms with Gasteiger partial charge in [-0.1, -0.05) is 43.3 Å². The van der Waals surface area contributed by atoms with Gasteiger partial charge < -0.3 is 4.90 Å². The first-order valence-corrected chi connectivity index (χ1v) is 9.50. The Kier molecular flexibility index (Phi) is 4.36. The minimum atomic E-state index is 0.299. The molecule has 128 valence electrons. The molecule has 4 rings (SSSR count). The van der Waals surface area contributed by atoms with Gasteiger partial charge in [-0.15, -0.1) is 0 Å². The van der Waals surface area contributed by atoms with Crippen LogP contribution in [0.15, 0.2) is 48.5 Å². The van der Waals surface area contributed by atoms with E-state index >= 15 is 0 Å². The molecule has 0 radical (unpaired) electrons. The molecular formula is C23H26N2. The minimum Gasteiger partial charge on any atom is -0.303 e. The molecule has 2 aliphatic rings. The van der Waals surface area contributed by atoms with Crippen LogP contribution in [0.1, 0.15) is 43.7 Å². The summed E-state index contributed by atoms with van der Waals surface area (Å²) in [5.41, 5.74) is 4.79. The van der Waals surface area contributed by atoms with E-state index in [9.17, 15) is 0 Å². The van der Waals surface area contributed by atoms with E-state index in [1.165, 1.54) is 56.4 Å². The number of nitriles is 1. The highest BCUT2D eigenvalue weighted by atomic mass is 15.1. The monoisotopic (exact) mass is 330 g/mol. The maximum Gasteiger partial charge on any atom is 0.0991 e. The molecule has 0 bridgehead atoms. The zero-order valence-electron chi connectivity index (χ0n) is 15.0. The fourth-order valence-electron chi connectivity index (χ4n) is 4.02. The quantitative estimate of drug-likeness (QED) is 0.790. The predicted molar refractivity (Wildman–Crippen MR) is 102 cm³/mol. The van der Waals surface area contributed by atoms with Crippen LogP contribution in [0.3, 0.4) is 0 Å². The normalized spacial score (nSPS) is 20.2. The summed E-state index contributed by atoms with van der Waals surface area (Å²) >= 11 is 0. The second-order valence-electron chi connectivity index (χ2n) is 8.07. The molecule has 0 atom stereocenters. The number of hydrogen-bond donors (Lipinski definition) is 0. The van der Waals surface area contributed by atoms with E-state index in [1.54, 1.807) is 0 Å². The van der Waals surface area contributed by atoms with E-state index in [0.717, 1.165) is 17.0 Å². The standard InChI is InChI=1S/C23H26N2/c1-23(11-13-25(14-12-23)17-18-5-6-18)22-9-7-20(8-10-22)21-4-2-3-19(15-21)16-24/h2-4,7-10,15,18H,5-6,11-14,17H2,1H3. The molecular weight excluding hydrogens is 304 g/mol. The van der Waals surface area contributed by atoms with Gasteiger partial charge in [0, 0.05) is 6.54 Å². The van der Waals surface area contributed by atoms with Crippen molar-refractivity contribution in [3.63, 3.8) is 0 Å². The van der Waals surface area contributed by atoms with Crippen molar-refractivity contribution in [3.05, 3.63) is 59.7 Å².